The standard InChI is InChI=1S/C45H29N3O2/c1-45(2)33-18-8-10-20-35(33)48(42-40(45)30-15-4-3-14-29(30)39-32-17-7-12-22-37(32)50-43(39)42)44-46-34-19-9-5-16-31(34)41(47-44)26-23-24-28-27-13-6-11-21-36(27)49-38(28)25-26/h3-25H,1-2H3. The van der Waals surface area contributed by atoms with Gasteiger partial charge in [-0.15, -0.1) is 0 Å². The average molecular weight is 644 g/mol. The van der Waals surface area contributed by atoms with E-state index < -0.39 is 0 Å². The largest absolute Gasteiger partial charge is 0.456 e. The molecule has 0 fully saturated rings. The van der Waals surface area contributed by atoms with Gasteiger partial charge in [0.2, 0.25) is 5.95 Å². The molecule has 3 aromatic heterocycles. The molecule has 5 heteroatoms. The molecule has 1 aliphatic heterocycles. The maximum atomic E-state index is 6.89. The fraction of sp³-hybridized carbons (Fsp3) is 0.0667. The molecule has 1 aliphatic rings. The lowest BCUT2D eigenvalue weighted by Gasteiger charge is -2.41. The highest BCUT2D eigenvalue weighted by molar-refractivity contribution is 6.25. The number of rotatable bonds is 2. The fourth-order valence-corrected chi connectivity index (χ4v) is 8.40. The molecule has 11 rings (SSSR count). The van der Waals surface area contributed by atoms with E-state index in [1.54, 1.807) is 0 Å². The molecule has 0 unspecified atom stereocenters. The van der Waals surface area contributed by atoms with Gasteiger partial charge in [0.05, 0.1) is 22.6 Å². The number of furan rings is 2. The van der Waals surface area contributed by atoms with Gasteiger partial charge in [-0.05, 0) is 58.3 Å². The molecule has 7 aromatic carbocycles. The Morgan fingerprint density at radius 2 is 1.18 bits per heavy atom. The molecule has 5 nitrogen and oxygen atoms in total. The van der Waals surface area contributed by atoms with Gasteiger partial charge in [-0.25, -0.2) is 9.97 Å². The van der Waals surface area contributed by atoms with Gasteiger partial charge in [-0.2, -0.15) is 0 Å². The van der Waals surface area contributed by atoms with Crippen LogP contribution >= 0.6 is 0 Å². The van der Waals surface area contributed by atoms with Gasteiger partial charge in [0, 0.05) is 37.9 Å². The summed E-state index contributed by atoms with van der Waals surface area (Å²) in [7, 11) is 0. The predicted molar refractivity (Wildman–Crippen MR) is 204 cm³/mol. The monoisotopic (exact) mass is 643 g/mol. The summed E-state index contributed by atoms with van der Waals surface area (Å²) in [6, 6.07) is 48.5. The zero-order valence-electron chi connectivity index (χ0n) is 27.4. The summed E-state index contributed by atoms with van der Waals surface area (Å²) in [6.45, 7) is 4.64. The number of para-hydroxylation sites is 4. The third-order valence-electron chi connectivity index (χ3n) is 10.6. The van der Waals surface area contributed by atoms with Gasteiger partial charge < -0.3 is 8.83 Å². The highest BCUT2D eigenvalue weighted by Gasteiger charge is 2.42. The number of aromatic nitrogens is 2. The summed E-state index contributed by atoms with van der Waals surface area (Å²) in [5.41, 5.74) is 10.1. The van der Waals surface area contributed by atoms with Crippen LogP contribution in [0.4, 0.5) is 17.3 Å². The van der Waals surface area contributed by atoms with Crippen molar-refractivity contribution in [3.8, 4) is 11.3 Å². The average Bonchev–Trinajstić information content (AvgIpc) is 3.73. The second-order valence-corrected chi connectivity index (χ2v) is 13.7. The van der Waals surface area contributed by atoms with Crippen molar-refractivity contribution in [2.24, 2.45) is 0 Å². The normalized spacial score (nSPS) is 13.9. The van der Waals surface area contributed by atoms with E-state index in [4.69, 9.17) is 18.8 Å². The number of fused-ring (bicyclic) bond motifs is 13. The van der Waals surface area contributed by atoms with Crippen LogP contribution in [0.1, 0.15) is 25.0 Å². The van der Waals surface area contributed by atoms with Crippen LogP contribution in [0, 0.1) is 0 Å². The number of benzene rings is 7. The second-order valence-electron chi connectivity index (χ2n) is 13.7. The fourth-order valence-electron chi connectivity index (χ4n) is 8.40. The van der Waals surface area contributed by atoms with E-state index >= 15 is 0 Å². The zero-order valence-corrected chi connectivity index (χ0v) is 27.4. The molecule has 0 bridgehead atoms. The Kier molecular flexibility index (Phi) is 5.39. The second kappa shape index (κ2) is 9.80. The third kappa shape index (κ3) is 3.61. The van der Waals surface area contributed by atoms with Crippen molar-refractivity contribution in [2.45, 2.75) is 19.3 Å². The first-order valence-corrected chi connectivity index (χ1v) is 17.0. The summed E-state index contributed by atoms with van der Waals surface area (Å²) in [5, 5.41) is 7.74. The van der Waals surface area contributed by atoms with Crippen LogP contribution in [-0.4, -0.2) is 9.97 Å². The predicted octanol–water partition coefficient (Wildman–Crippen LogP) is 12.4. The zero-order chi connectivity index (χ0) is 33.1. The summed E-state index contributed by atoms with van der Waals surface area (Å²) in [5.74, 6) is 0.588. The summed E-state index contributed by atoms with van der Waals surface area (Å²) in [6.07, 6.45) is 0. The first-order valence-electron chi connectivity index (χ1n) is 17.0. The topological polar surface area (TPSA) is 55.3 Å². The molecule has 0 spiro atoms. The van der Waals surface area contributed by atoms with Gasteiger partial charge >= 0.3 is 0 Å². The molecular weight excluding hydrogens is 615 g/mol. The highest BCUT2D eigenvalue weighted by atomic mass is 16.3. The molecule has 4 heterocycles. The van der Waals surface area contributed by atoms with Gasteiger partial charge in [0.15, 0.2) is 5.58 Å². The van der Waals surface area contributed by atoms with Crippen molar-refractivity contribution >= 4 is 82.9 Å². The Morgan fingerprint density at radius 3 is 2.02 bits per heavy atom. The molecule has 0 radical (unpaired) electrons. The van der Waals surface area contributed by atoms with Gasteiger partial charge in [0.25, 0.3) is 0 Å². The van der Waals surface area contributed by atoms with Crippen LogP contribution in [0.15, 0.2) is 148 Å². The van der Waals surface area contributed by atoms with E-state index in [0.29, 0.717) is 5.95 Å². The summed E-state index contributed by atoms with van der Waals surface area (Å²) >= 11 is 0. The molecule has 10 aromatic rings. The Morgan fingerprint density at radius 1 is 0.540 bits per heavy atom. The lowest BCUT2D eigenvalue weighted by molar-refractivity contribution is 0.628. The molecule has 0 saturated heterocycles. The number of anilines is 3. The van der Waals surface area contributed by atoms with Gasteiger partial charge in [0.1, 0.15) is 16.7 Å². The smallest absolute Gasteiger partial charge is 0.235 e. The first kappa shape index (κ1) is 27.5. The minimum Gasteiger partial charge on any atom is -0.456 e. The van der Waals surface area contributed by atoms with Gasteiger partial charge in [-0.3, -0.25) is 4.90 Å². The van der Waals surface area contributed by atoms with E-state index in [1.165, 1.54) is 21.9 Å². The van der Waals surface area contributed by atoms with Crippen molar-refractivity contribution in [1.82, 2.24) is 9.97 Å². The van der Waals surface area contributed by atoms with E-state index in [9.17, 15) is 0 Å². The lowest BCUT2D eigenvalue weighted by Crippen LogP contribution is -2.32. The lowest BCUT2D eigenvalue weighted by atomic mass is 9.71. The van der Waals surface area contributed by atoms with Crippen LogP contribution in [0.3, 0.4) is 0 Å². The van der Waals surface area contributed by atoms with E-state index in [-0.39, 0.29) is 5.41 Å². The van der Waals surface area contributed by atoms with Crippen LogP contribution in [-0.2, 0) is 5.41 Å². The minimum absolute atomic E-state index is 0.346. The Labute approximate surface area is 287 Å². The molecule has 0 saturated carbocycles. The SMILES string of the molecule is CC1(C)c2ccccc2N(c2nc(-c3ccc4c(c3)oc3ccccc34)c3ccccc3n2)c2c1c1ccccc1c1c2oc2ccccc21. The van der Waals surface area contributed by atoms with Crippen molar-refractivity contribution in [3.63, 3.8) is 0 Å². The van der Waals surface area contributed by atoms with E-state index in [1.807, 2.05) is 36.4 Å². The van der Waals surface area contributed by atoms with E-state index in [0.717, 1.165) is 77.4 Å². The van der Waals surface area contributed by atoms with Gasteiger partial charge in [-0.1, -0.05) is 117 Å². The minimum atomic E-state index is -0.346. The van der Waals surface area contributed by atoms with Crippen molar-refractivity contribution in [3.05, 3.63) is 151 Å². The Balaban J connectivity index is 1.26. The van der Waals surface area contributed by atoms with E-state index in [2.05, 4.69) is 122 Å². The molecule has 0 amide bonds. The summed E-state index contributed by atoms with van der Waals surface area (Å²) in [4.78, 5) is 13.0. The molecular formula is C45H29N3O2. The highest BCUT2D eigenvalue weighted by Crippen LogP contribution is 2.57. The molecule has 0 atom stereocenters. The molecule has 0 N–H and O–H groups in total. The maximum absolute atomic E-state index is 6.89. The summed E-state index contributed by atoms with van der Waals surface area (Å²) < 4.78 is 13.2. The van der Waals surface area contributed by atoms with Crippen molar-refractivity contribution in [1.29, 1.82) is 0 Å². The van der Waals surface area contributed by atoms with Crippen molar-refractivity contribution < 1.29 is 8.83 Å². The van der Waals surface area contributed by atoms with Crippen molar-refractivity contribution in [2.75, 3.05) is 4.90 Å². The quantitative estimate of drug-likeness (QED) is 0.188. The first-order chi connectivity index (χ1) is 24.6. The molecule has 50 heavy (non-hydrogen) atoms. The number of hydrogen-bond acceptors (Lipinski definition) is 5. The maximum Gasteiger partial charge on any atom is 0.235 e. The Bertz CT molecular complexity index is 3040. The number of hydrogen-bond donors (Lipinski definition) is 0. The van der Waals surface area contributed by atoms with Crippen LogP contribution in [0.25, 0.3) is 76.8 Å². The molecule has 0 aliphatic carbocycles. The Hall–Kier alpha value is -6.46. The van der Waals surface area contributed by atoms with Crippen LogP contribution < -0.4 is 4.90 Å². The van der Waals surface area contributed by atoms with Crippen LogP contribution in [0.5, 0.6) is 0 Å². The number of nitrogens with zero attached hydrogens (tertiary/aromatic N) is 3. The third-order valence-corrected chi connectivity index (χ3v) is 10.6. The van der Waals surface area contributed by atoms with Crippen LogP contribution in [0.2, 0.25) is 0 Å². The molecule has 236 valence electrons.